The van der Waals surface area contributed by atoms with Gasteiger partial charge in [-0.05, 0) is 31.2 Å². The molecule has 0 aliphatic rings. The molecular formula is C15H12Cl2FNO2. The maximum Gasteiger partial charge on any atom is 0.333 e. The minimum atomic E-state index is -1.55. The van der Waals surface area contributed by atoms with Crippen molar-refractivity contribution in [1.82, 2.24) is 0 Å². The molecular weight excluding hydrogens is 316 g/mol. The van der Waals surface area contributed by atoms with Crippen molar-refractivity contribution >= 4 is 34.9 Å². The van der Waals surface area contributed by atoms with Crippen LogP contribution in [-0.2, 0) is 10.3 Å². The molecule has 0 aliphatic heterocycles. The second kappa shape index (κ2) is 5.92. The number of carboxylic acids is 1. The molecule has 0 bridgehead atoms. The molecule has 0 saturated carbocycles. The number of anilines is 1. The lowest BCUT2D eigenvalue weighted by Gasteiger charge is -2.29. The van der Waals surface area contributed by atoms with E-state index in [2.05, 4.69) is 5.32 Å². The molecule has 2 aromatic carbocycles. The van der Waals surface area contributed by atoms with Gasteiger partial charge in [-0.1, -0.05) is 41.4 Å². The summed E-state index contributed by atoms with van der Waals surface area (Å²) in [6, 6.07) is 10.3. The van der Waals surface area contributed by atoms with Crippen molar-refractivity contribution in [3.05, 3.63) is 63.9 Å². The Morgan fingerprint density at radius 2 is 1.86 bits per heavy atom. The molecule has 0 aliphatic carbocycles. The van der Waals surface area contributed by atoms with E-state index < -0.39 is 17.3 Å². The van der Waals surface area contributed by atoms with Crippen molar-refractivity contribution < 1.29 is 14.3 Å². The van der Waals surface area contributed by atoms with Crippen LogP contribution in [0.15, 0.2) is 42.5 Å². The van der Waals surface area contributed by atoms with Gasteiger partial charge in [-0.2, -0.15) is 0 Å². The summed E-state index contributed by atoms with van der Waals surface area (Å²) in [5.74, 6) is -1.69. The van der Waals surface area contributed by atoms with E-state index >= 15 is 0 Å². The highest BCUT2D eigenvalue weighted by atomic mass is 35.5. The molecule has 0 amide bonds. The molecule has 2 rings (SSSR count). The molecule has 0 fully saturated rings. The van der Waals surface area contributed by atoms with Crippen molar-refractivity contribution in [2.24, 2.45) is 0 Å². The Bertz CT molecular complexity index is 693. The Labute approximate surface area is 131 Å². The maximum absolute atomic E-state index is 13.2. The van der Waals surface area contributed by atoms with E-state index in [4.69, 9.17) is 23.2 Å². The quantitative estimate of drug-likeness (QED) is 0.866. The molecule has 0 saturated heterocycles. The first kappa shape index (κ1) is 15.6. The van der Waals surface area contributed by atoms with Crippen LogP contribution in [0.2, 0.25) is 10.0 Å². The van der Waals surface area contributed by atoms with Crippen LogP contribution < -0.4 is 5.32 Å². The molecule has 3 nitrogen and oxygen atoms in total. The van der Waals surface area contributed by atoms with Crippen molar-refractivity contribution in [2.75, 3.05) is 5.32 Å². The molecule has 0 aromatic heterocycles. The average Bonchev–Trinajstić information content (AvgIpc) is 2.41. The normalized spacial score (nSPS) is 13.5. The van der Waals surface area contributed by atoms with Gasteiger partial charge in [0.05, 0.1) is 10.7 Å². The molecule has 21 heavy (non-hydrogen) atoms. The summed E-state index contributed by atoms with van der Waals surface area (Å²) in [5, 5.41) is 12.8. The first-order chi connectivity index (χ1) is 9.84. The molecule has 1 atom stereocenters. The van der Waals surface area contributed by atoms with Crippen molar-refractivity contribution in [2.45, 2.75) is 12.5 Å². The molecule has 2 aromatic rings. The third-order valence-electron chi connectivity index (χ3n) is 3.16. The fourth-order valence-corrected chi connectivity index (χ4v) is 2.50. The Morgan fingerprint density at radius 1 is 1.19 bits per heavy atom. The SMILES string of the molecule is CC(Nc1ccccc1Cl)(C(=O)O)c1ccc(F)cc1Cl. The lowest BCUT2D eigenvalue weighted by molar-refractivity contribution is -0.142. The summed E-state index contributed by atoms with van der Waals surface area (Å²) in [6.45, 7) is 1.44. The number of benzene rings is 2. The molecule has 110 valence electrons. The van der Waals surface area contributed by atoms with Gasteiger partial charge in [0.15, 0.2) is 5.54 Å². The third-order valence-corrected chi connectivity index (χ3v) is 3.80. The Morgan fingerprint density at radius 3 is 2.43 bits per heavy atom. The zero-order chi connectivity index (χ0) is 15.6. The summed E-state index contributed by atoms with van der Waals surface area (Å²) in [7, 11) is 0. The van der Waals surface area contributed by atoms with Gasteiger partial charge in [0.25, 0.3) is 0 Å². The van der Waals surface area contributed by atoms with E-state index in [0.29, 0.717) is 10.7 Å². The van der Waals surface area contributed by atoms with Crippen LogP contribution in [0.1, 0.15) is 12.5 Å². The highest BCUT2D eigenvalue weighted by Gasteiger charge is 2.37. The number of carbonyl (C=O) groups is 1. The molecule has 0 heterocycles. The molecule has 6 heteroatoms. The van der Waals surface area contributed by atoms with Crippen molar-refractivity contribution in [3.63, 3.8) is 0 Å². The van der Waals surface area contributed by atoms with E-state index in [1.54, 1.807) is 24.3 Å². The van der Waals surface area contributed by atoms with Gasteiger partial charge in [0.2, 0.25) is 0 Å². The lowest BCUT2D eigenvalue weighted by Crippen LogP contribution is -2.40. The second-order valence-corrected chi connectivity index (χ2v) is 5.47. The summed E-state index contributed by atoms with van der Waals surface area (Å²) in [6.07, 6.45) is 0. The lowest BCUT2D eigenvalue weighted by atomic mass is 9.91. The van der Waals surface area contributed by atoms with Crippen LogP contribution in [0.5, 0.6) is 0 Å². The molecule has 0 spiro atoms. The molecule has 1 unspecified atom stereocenters. The second-order valence-electron chi connectivity index (χ2n) is 4.66. The first-order valence-corrected chi connectivity index (χ1v) is 6.82. The smallest absolute Gasteiger partial charge is 0.333 e. The van der Waals surface area contributed by atoms with E-state index in [-0.39, 0.29) is 10.6 Å². The summed E-state index contributed by atoms with van der Waals surface area (Å²) in [5.41, 5.74) is -0.849. The fraction of sp³-hybridized carbons (Fsp3) is 0.133. The van der Waals surface area contributed by atoms with Gasteiger partial charge >= 0.3 is 5.97 Å². The largest absolute Gasteiger partial charge is 0.479 e. The van der Waals surface area contributed by atoms with Gasteiger partial charge in [-0.25, -0.2) is 9.18 Å². The predicted molar refractivity (Wildman–Crippen MR) is 81.5 cm³/mol. The topological polar surface area (TPSA) is 49.3 Å². The zero-order valence-corrected chi connectivity index (χ0v) is 12.5. The number of rotatable bonds is 4. The number of nitrogens with one attached hydrogen (secondary N) is 1. The van der Waals surface area contributed by atoms with Crippen LogP contribution in [0.4, 0.5) is 10.1 Å². The van der Waals surface area contributed by atoms with Gasteiger partial charge in [0, 0.05) is 10.6 Å². The maximum atomic E-state index is 13.2. The monoisotopic (exact) mass is 327 g/mol. The summed E-state index contributed by atoms with van der Waals surface area (Å²) < 4.78 is 13.2. The first-order valence-electron chi connectivity index (χ1n) is 6.06. The number of para-hydroxylation sites is 1. The standard InChI is InChI=1S/C15H12Cl2FNO2/c1-15(14(20)21,10-7-6-9(18)8-12(10)17)19-13-5-3-2-4-11(13)16/h2-8,19H,1H3,(H,20,21). The number of hydrogen-bond donors (Lipinski definition) is 2. The van der Waals surface area contributed by atoms with Gasteiger partial charge in [-0.3, -0.25) is 0 Å². The van der Waals surface area contributed by atoms with E-state index in [1.807, 2.05) is 0 Å². The van der Waals surface area contributed by atoms with E-state index in [1.165, 1.54) is 13.0 Å². The average molecular weight is 328 g/mol. The highest BCUT2D eigenvalue weighted by molar-refractivity contribution is 6.33. The minimum Gasteiger partial charge on any atom is -0.479 e. The van der Waals surface area contributed by atoms with Crippen molar-refractivity contribution in [1.29, 1.82) is 0 Å². The molecule has 0 radical (unpaired) electrons. The van der Waals surface area contributed by atoms with Crippen molar-refractivity contribution in [3.8, 4) is 0 Å². The van der Waals surface area contributed by atoms with Crippen LogP contribution in [0, 0.1) is 5.82 Å². The Hall–Kier alpha value is -1.78. The minimum absolute atomic E-state index is 0.0273. The summed E-state index contributed by atoms with van der Waals surface area (Å²) in [4.78, 5) is 11.7. The molecule has 2 N–H and O–H groups in total. The zero-order valence-electron chi connectivity index (χ0n) is 11.0. The number of carboxylic acid groups (broad SMARTS) is 1. The van der Waals surface area contributed by atoms with Crippen LogP contribution in [0.25, 0.3) is 0 Å². The number of halogens is 3. The van der Waals surface area contributed by atoms with E-state index in [9.17, 15) is 14.3 Å². The third kappa shape index (κ3) is 3.12. The van der Waals surface area contributed by atoms with Crippen LogP contribution in [-0.4, -0.2) is 11.1 Å². The van der Waals surface area contributed by atoms with E-state index in [0.717, 1.165) is 12.1 Å². The number of aliphatic carboxylic acids is 1. The van der Waals surface area contributed by atoms with Crippen LogP contribution >= 0.6 is 23.2 Å². The van der Waals surface area contributed by atoms with Gasteiger partial charge in [0.1, 0.15) is 5.82 Å². The van der Waals surface area contributed by atoms with Gasteiger partial charge < -0.3 is 10.4 Å². The predicted octanol–water partition coefficient (Wildman–Crippen LogP) is 4.54. The van der Waals surface area contributed by atoms with Crippen LogP contribution in [0.3, 0.4) is 0 Å². The highest BCUT2D eigenvalue weighted by Crippen LogP contribution is 2.34. The summed E-state index contributed by atoms with van der Waals surface area (Å²) >= 11 is 12.0. The fourth-order valence-electron chi connectivity index (χ4n) is 1.96. The van der Waals surface area contributed by atoms with Gasteiger partial charge in [-0.15, -0.1) is 0 Å². The Balaban J connectivity index is 2.51. The Kier molecular flexibility index (Phi) is 4.40. The number of hydrogen-bond acceptors (Lipinski definition) is 2.